The maximum atomic E-state index is 12.7. The SMILES string of the molecule is COc1ccc(OCc2cc(C(=O)N(C)C3CCN(C)C3)no2)c2ccccc12. The summed E-state index contributed by atoms with van der Waals surface area (Å²) in [4.78, 5) is 16.7. The summed E-state index contributed by atoms with van der Waals surface area (Å²) >= 11 is 0. The van der Waals surface area contributed by atoms with Gasteiger partial charge in [0.2, 0.25) is 0 Å². The van der Waals surface area contributed by atoms with Crippen LogP contribution in [0.2, 0.25) is 0 Å². The molecule has 29 heavy (non-hydrogen) atoms. The average Bonchev–Trinajstić information content (AvgIpc) is 3.40. The third-order valence-corrected chi connectivity index (χ3v) is 5.45. The van der Waals surface area contributed by atoms with Crippen molar-refractivity contribution in [3.05, 3.63) is 53.9 Å². The molecular weight excluding hydrogens is 370 g/mol. The highest BCUT2D eigenvalue weighted by molar-refractivity contribution is 5.93. The van der Waals surface area contributed by atoms with Gasteiger partial charge in [-0.15, -0.1) is 0 Å². The topological polar surface area (TPSA) is 68.0 Å². The Labute approximate surface area is 169 Å². The minimum atomic E-state index is -0.129. The Morgan fingerprint density at radius 2 is 1.97 bits per heavy atom. The van der Waals surface area contributed by atoms with Crippen molar-refractivity contribution >= 4 is 16.7 Å². The zero-order valence-corrected chi connectivity index (χ0v) is 16.9. The lowest BCUT2D eigenvalue weighted by molar-refractivity contribution is 0.0727. The van der Waals surface area contributed by atoms with E-state index in [1.807, 2.05) is 43.4 Å². The predicted octanol–water partition coefficient (Wildman–Crippen LogP) is 3.19. The number of ether oxygens (including phenoxy) is 2. The number of amides is 1. The van der Waals surface area contributed by atoms with E-state index in [0.29, 0.717) is 11.5 Å². The van der Waals surface area contributed by atoms with Gasteiger partial charge in [0, 0.05) is 36.5 Å². The first-order valence-electron chi connectivity index (χ1n) is 9.66. The number of likely N-dealkylation sites (N-methyl/N-ethyl adjacent to an activating group) is 2. The first-order chi connectivity index (χ1) is 14.1. The predicted molar refractivity (Wildman–Crippen MR) is 109 cm³/mol. The van der Waals surface area contributed by atoms with Gasteiger partial charge in [-0.1, -0.05) is 29.4 Å². The number of benzene rings is 2. The lowest BCUT2D eigenvalue weighted by Crippen LogP contribution is -2.38. The second kappa shape index (κ2) is 8.13. The highest BCUT2D eigenvalue weighted by Gasteiger charge is 2.28. The summed E-state index contributed by atoms with van der Waals surface area (Å²) in [5.41, 5.74) is 0.306. The Kier molecular flexibility index (Phi) is 5.40. The zero-order valence-electron chi connectivity index (χ0n) is 16.9. The molecule has 2 heterocycles. The van der Waals surface area contributed by atoms with Gasteiger partial charge in [-0.25, -0.2) is 0 Å². The van der Waals surface area contributed by atoms with Crippen LogP contribution in [0.3, 0.4) is 0 Å². The maximum Gasteiger partial charge on any atom is 0.276 e. The van der Waals surface area contributed by atoms with Crippen LogP contribution in [0.25, 0.3) is 10.8 Å². The molecule has 2 aromatic carbocycles. The normalized spacial score (nSPS) is 16.9. The van der Waals surface area contributed by atoms with Gasteiger partial charge in [-0.3, -0.25) is 4.79 Å². The molecule has 1 atom stereocenters. The average molecular weight is 395 g/mol. The van der Waals surface area contributed by atoms with Crippen LogP contribution in [-0.4, -0.2) is 61.2 Å². The number of hydrogen-bond acceptors (Lipinski definition) is 6. The van der Waals surface area contributed by atoms with Crippen LogP contribution >= 0.6 is 0 Å². The van der Waals surface area contributed by atoms with Gasteiger partial charge in [-0.2, -0.15) is 0 Å². The fourth-order valence-corrected chi connectivity index (χ4v) is 3.75. The van der Waals surface area contributed by atoms with E-state index in [-0.39, 0.29) is 18.6 Å². The number of hydrogen-bond donors (Lipinski definition) is 0. The molecule has 1 aliphatic rings. The molecule has 1 amide bonds. The molecule has 0 bridgehead atoms. The Bertz CT molecular complexity index is 1020. The van der Waals surface area contributed by atoms with Crippen molar-refractivity contribution < 1.29 is 18.8 Å². The van der Waals surface area contributed by atoms with Gasteiger partial charge in [-0.05, 0) is 32.1 Å². The number of aromatic nitrogens is 1. The van der Waals surface area contributed by atoms with Crippen molar-refractivity contribution in [1.82, 2.24) is 15.0 Å². The van der Waals surface area contributed by atoms with Crippen LogP contribution in [0.15, 0.2) is 47.0 Å². The van der Waals surface area contributed by atoms with Crippen LogP contribution in [0, 0.1) is 0 Å². The molecule has 3 aromatic rings. The molecule has 0 N–H and O–H groups in total. The molecule has 1 aromatic heterocycles. The van der Waals surface area contributed by atoms with Crippen molar-refractivity contribution in [2.45, 2.75) is 19.1 Å². The van der Waals surface area contributed by atoms with Crippen molar-refractivity contribution in [2.75, 3.05) is 34.3 Å². The summed E-state index contributed by atoms with van der Waals surface area (Å²) in [6, 6.07) is 13.5. The first-order valence-corrected chi connectivity index (χ1v) is 9.66. The van der Waals surface area contributed by atoms with Crippen molar-refractivity contribution in [3.8, 4) is 11.5 Å². The van der Waals surface area contributed by atoms with E-state index >= 15 is 0 Å². The minimum absolute atomic E-state index is 0.129. The third-order valence-electron chi connectivity index (χ3n) is 5.45. The molecule has 0 spiro atoms. The summed E-state index contributed by atoms with van der Waals surface area (Å²) in [5.74, 6) is 1.89. The molecule has 7 nitrogen and oxygen atoms in total. The van der Waals surface area contributed by atoms with E-state index in [2.05, 4.69) is 17.1 Å². The van der Waals surface area contributed by atoms with Gasteiger partial charge in [0.1, 0.15) is 18.1 Å². The summed E-state index contributed by atoms with van der Waals surface area (Å²) in [7, 11) is 5.53. The highest BCUT2D eigenvalue weighted by Crippen LogP contribution is 2.33. The molecule has 0 aliphatic carbocycles. The van der Waals surface area contributed by atoms with Crippen molar-refractivity contribution in [2.24, 2.45) is 0 Å². The molecule has 7 heteroatoms. The van der Waals surface area contributed by atoms with Gasteiger partial charge in [0.05, 0.1) is 7.11 Å². The zero-order chi connectivity index (χ0) is 20.4. The number of nitrogens with zero attached hydrogens (tertiary/aromatic N) is 3. The Morgan fingerprint density at radius 1 is 1.24 bits per heavy atom. The monoisotopic (exact) mass is 395 g/mol. The van der Waals surface area contributed by atoms with Crippen LogP contribution in [0.5, 0.6) is 11.5 Å². The number of fused-ring (bicyclic) bond motifs is 1. The summed E-state index contributed by atoms with van der Waals surface area (Å²) < 4.78 is 16.7. The molecule has 1 saturated heterocycles. The maximum absolute atomic E-state index is 12.7. The Balaban J connectivity index is 1.45. The van der Waals surface area contributed by atoms with E-state index in [1.165, 1.54) is 0 Å². The number of carbonyl (C=O) groups is 1. The van der Waals surface area contributed by atoms with E-state index in [0.717, 1.165) is 41.8 Å². The highest BCUT2D eigenvalue weighted by atomic mass is 16.5. The van der Waals surface area contributed by atoms with Gasteiger partial charge in [0.15, 0.2) is 11.5 Å². The van der Waals surface area contributed by atoms with Crippen LogP contribution < -0.4 is 9.47 Å². The second-order valence-electron chi connectivity index (χ2n) is 7.40. The van der Waals surface area contributed by atoms with Gasteiger partial charge < -0.3 is 23.8 Å². The quantitative estimate of drug-likeness (QED) is 0.639. The molecule has 1 fully saturated rings. The fourth-order valence-electron chi connectivity index (χ4n) is 3.75. The molecule has 0 radical (unpaired) electrons. The van der Waals surface area contributed by atoms with Crippen molar-refractivity contribution in [3.63, 3.8) is 0 Å². The molecule has 1 unspecified atom stereocenters. The number of carbonyl (C=O) groups excluding carboxylic acids is 1. The summed E-state index contributed by atoms with van der Waals surface area (Å²) in [6.07, 6.45) is 0.969. The number of methoxy groups -OCH3 is 1. The first kappa shape index (κ1) is 19.3. The van der Waals surface area contributed by atoms with Crippen molar-refractivity contribution in [1.29, 1.82) is 0 Å². The van der Waals surface area contributed by atoms with Crippen LogP contribution in [-0.2, 0) is 6.61 Å². The van der Waals surface area contributed by atoms with Gasteiger partial charge >= 0.3 is 0 Å². The Morgan fingerprint density at radius 3 is 2.66 bits per heavy atom. The molecule has 152 valence electrons. The number of rotatable bonds is 6. The van der Waals surface area contributed by atoms with E-state index < -0.39 is 0 Å². The van der Waals surface area contributed by atoms with Gasteiger partial charge in [0.25, 0.3) is 5.91 Å². The number of likely N-dealkylation sites (tertiary alicyclic amines) is 1. The molecule has 4 rings (SSSR count). The largest absolute Gasteiger partial charge is 0.496 e. The van der Waals surface area contributed by atoms with E-state index in [9.17, 15) is 4.79 Å². The third kappa shape index (κ3) is 3.91. The van der Waals surface area contributed by atoms with E-state index in [4.69, 9.17) is 14.0 Å². The summed E-state index contributed by atoms with van der Waals surface area (Å²) in [5, 5.41) is 5.88. The van der Waals surface area contributed by atoms with Crippen LogP contribution in [0.1, 0.15) is 22.7 Å². The Hall–Kier alpha value is -3.06. The standard InChI is InChI=1S/C22H25N3O4/c1-24-11-10-15(13-24)25(2)22(26)19-12-16(29-23-19)14-28-21-9-8-20(27-3)17-6-4-5-7-18(17)21/h4-9,12,15H,10-11,13-14H2,1-3H3. The summed E-state index contributed by atoms with van der Waals surface area (Å²) in [6.45, 7) is 2.06. The van der Waals surface area contributed by atoms with E-state index in [1.54, 1.807) is 18.1 Å². The smallest absolute Gasteiger partial charge is 0.276 e. The minimum Gasteiger partial charge on any atom is -0.496 e. The molecule has 1 aliphatic heterocycles. The second-order valence-corrected chi connectivity index (χ2v) is 7.40. The lowest BCUT2D eigenvalue weighted by atomic mass is 10.1. The lowest BCUT2D eigenvalue weighted by Gasteiger charge is -2.23. The molecule has 0 saturated carbocycles. The van der Waals surface area contributed by atoms with Crippen LogP contribution in [0.4, 0.5) is 0 Å². The fraction of sp³-hybridized carbons (Fsp3) is 0.364. The molecular formula is C22H25N3O4.